The maximum absolute atomic E-state index is 12.2. The predicted molar refractivity (Wildman–Crippen MR) is 97.3 cm³/mol. The number of aromatic amines is 1. The summed E-state index contributed by atoms with van der Waals surface area (Å²) in [5, 5.41) is 0.950. The number of amides is 1. The van der Waals surface area contributed by atoms with E-state index in [-0.39, 0.29) is 6.09 Å². The number of piperidine rings is 1. The Kier molecular flexibility index (Phi) is 5.04. The van der Waals surface area contributed by atoms with Gasteiger partial charge in [0.1, 0.15) is 5.60 Å². The summed E-state index contributed by atoms with van der Waals surface area (Å²) in [4.78, 5) is 22.0. The van der Waals surface area contributed by atoms with E-state index in [2.05, 4.69) is 9.97 Å². The number of aromatic nitrogens is 2. The van der Waals surface area contributed by atoms with Gasteiger partial charge in [0.25, 0.3) is 0 Å². The number of likely N-dealkylation sites (tertiary alicyclic amines) is 1. The van der Waals surface area contributed by atoms with Crippen LogP contribution < -0.4 is 0 Å². The fourth-order valence-electron chi connectivity index (χ4n) is 2.89. The van der Waals surface area contributed by atoms with E-state index in [0.717, 1.165) is 47.9 Å². The molecule has 2 aromatic rings. The van der Waals surface area contributed by atoms with Gasteiger partial charge in [-0.25, -0.2) is 9.78 Å². The van der Waals surface area contributed by atoms with Crippen molar-refractivity contribution in [1.82, 2.24) is 14.9 Å². The first-order valence-electron chi connectivity index (χ1n) is 8.46. The first-order chi connectivity index (χ1) is 11.4. The van der Waals surface area contributed by atoms with Gasteiger partial charge in [-0.15, -0.1) is 0 Å². The number of rotatable bonds is 3. The summed E-state index contributed by atoms with van der Waals surface area (Å²) in [6.07, 6.45) is 1.98. The number of para-hydroxylation sites is 2. The minimum absolute atomic E-state index is 0.194. The van der Waals surface area contributed by atoms with Gasteiger partial charge in [0.15, 0.2) is 5.16 Å². The van der Waals surface area contributed by atoms with Crippen molar-refractivity contribution in [3.63, 3.8) is 0 Å². The van der Waals surface area contributed by atoms with Crippen LogP contribution in [0.3, 0.4) is 0 Å². The number of ether oxygens (including phenoxy) is 1. The van der Waals surface area contributed by atoms with Gasteiger partial charge in [-0.05, 0) is 51.7 Å². The van der Waals surface area contributed by atoms with Crippen LogP contribution in [0.1, 0.15) is 33.6 Å². The van der Waals surface area contributed by atoms with Crippen molar-refractivity contribution < 1.29 is 9.53 Å². The van der Waals surface area contributed by atoms with E-state index in [0.29, 0.717) is 5.92 Å². The van der Waals surface area contributed by atoms with Crippen molar-refractivity contribution in [3.8, 4) is 0 Å². The van der Waals surface area contributed by atoms with Crippen LogP contribution in [-0.4, -0.2) is 45.4 Å². The van der Waals surface area contributed by atoms with E-state index in [9.17, 15) is 4.79 Å². The van der Waals surface area contributed by atoms with Gasteiger partial charge in [-0.2, -0.15) is 0 Å². The third kappa shape index (κ3) is 4.44. The molecule has 0 spiro atoms. The lowest BCUT2D eigenvalue weighted by Crippen LogP contribution is -2.43. The molecule has 0 saturated carbocycles. The van der Waals surface area contributed by atoms with Crippen molar-refractivity contribution in [2.75, 3.05) is 18.8 Å². The van der Waals surface area contributed by atoms with E-state index in [1.807, 2.05) is 49.9 Å². The summed E-state index contributed by atoms with van der Waals surface area (Å²) >= 11 is 1.73. The van der Waals surface area contributed by atoms with E-state index in [1.165, 1.54) is 0 Å². The lowest BCUT2D eigenvalue weighted by atomic mass is 10.0. The smallest absolute Gasteiger partial charge is 0.410 e. The van der Waals surface area contributed by atoms with E-state index in [4.69, 9.17) is 4.74 Å². The standard InChI is InChI=1S/C18H25N3O2S/c1-18(2,3)23-17(22)21-10-6-7-13(11-21)12-24-16-19-14-8-4-5-9-15(14)20-16/h4-5,8-9,13H,6-7,10-12H2,1-3H3,(H,19,20). The van der Waals surface area contributed by atoms with Crippen LogP contribution in [0.25, 0.3) is 11.0 Å². The van der Waals surface area contributed by atoms with Gasteiger partial charge in [-0.3, -0.25) is 0 Å². The molecule has 1 aliphatic heterocycles. The van der Waals surface area contributed by atoms with Gasteiger partial charge in [0.2, 0.25) is 0 Å². The highest BCUT2D eigenvalue weighted by molar-refractivity contribution is 7.99. The van der Waals surface area contributed by atoms with Crippen LogP contribution >= 0.6 is 11.8 Å². The number of thioether (sulfide) groups is 1. The molecule has 130 valence electrons. The van der Waals surface area contributed by atoms with Crippen molar-refractivity contribution in [1.29, 1.82) is 0 Å². The van der Waals surface area contributed by atoms with Crippen LogP contribution in [0.2, 0.25) is 0 Å². The molecule has 1 unspecified atom stereocenters. The summed E-state index contributed by atoms with van der Waals surface area (Å²) < 4.78 is 5.49. The summed E-state index contributed by atoms with van der Waals surface area (Å²) in [5.41, 5.74) is 1.63. The van der Waals surface area contributed by atoms with Gasteiger partial charge in [0, 0.05) is 18.8 Å². The zero-order chi connectivity index (χ0) is 17.2. The molecule has 1 aromatic heterocycles. The maximum Gasteiger partial charge on any atom is 0.410 e. The number of carbonyl (C=O) groups is 1. The molecule has 6 heteroatoms. The normalized spacial score (nSPS) is 18.8. The van der Waals surface area contributed by atoms with Crippen LogP contribution in [0.4, 0.5) is 4.79 Å². The van der Waals surface area contributed by atoms with Crippen LogP contribution in [0, 0.1) is 5.92 Å². The molecule has 0 bridgehead atoms. The second-order valence-electron chi connectivity index (χ2n) is 7.30. The number of fused-ring (bicyclic) bond motifs is 1. The zero-order valence-electron chi connectivity index (χ0n) is 14.5. The third-order valence-corrected chi connectivity index (χ3v) is 5.10. The molecule has 0 aliphatic carbocycles. The number of hydrogen-bond donors (Lipinski definition) is 1. The first kappa shape index (κ1) is 17.1. The Bertz CT molecular complexity index is 675. The number of nitrogens with zero attached hydrogens (tertiary/aromatic N) is 2. The van der Waals surface area contributed by atoms with Gasteiger partial charge >= 0.3 is 6.09 Å². The second-order valence-corrected chi connectivity index (χ2v) is 8.31. The molecule has 1 saturated heterocycles. The fourth-order valence-corrected chi connectivity index (χ4v) is 3.90. The number of carbonyl (C=O) groups excluding carboxylic acids is 1. The Hall–Kier alpha value is -1.69. The molecular weight excluding hydrogens is 322 g/mol. The molecule has 0 radical (unpaired) electrons. The minimum Gasteiger partial charge on any atom is -0.444 e. The molecule has 2 heterocycles. The second kappa shape index (κ2) is 7.05. The molecule has 3 rings (SSSR count). The molecule has 5 nitrogen and oxygen atoms in total. The monoisotopic (exact) mass is 347 g/mol. The lowest BCUT2D eigenvalue weighted by molar-refractivity contribution is 0.0177. The molecule has 1 N–H and O–H groups in total. The number of benzene rings is 1. The Labute approximate surface area is 147 Å². The average molecular weight is 347 g/mol. The van der Waals surface area contributed by atoms with E-state index < -0.39 is 5.60 Å². The average Bonchev–Trinajstić information content (AvgIpc) is 2.94. The summed E-state index contributed by atoms with van der Waals surface area (Å²) in [6, 6.07) is 8.06. The van der Waals surface area contributed by atoms with Gasteiger partial charge < -0.3 is 14.6 Å². The van der Waals surface area contributed by atoms with Gasteiger partial charge in [-0.1, -0.05) is 23.9 Å². The molecule has 1 aromatic carbocycles. The first-order valence-corrected chi connectivity index (χ1v) is 9.45. The Morgan fingerprint density at radius 1 is 1.42 bits per heavy atom. The highest BCUT2D eigenvalue weighted by Gasteiger charge is 2.27. The SMILES string of the molecule is CC(C)(C)OC(=O)N1CCCC(CSc2nc3ccccc3[nH]2)C1. The number of hydrogen-bond acceptors (Lipinski definition) is 4. The van der Waals surface area contributed by atoms with Crippen LogP contribution in [-0.2, 0) is 4.74 Å². The molecular formula is C18H25N3O2S. The van der Waals surface area contributed by atoms with E-state index in [1.54, 1.807) is 11.8 Å². The van der Waals surface area contributed by atoms with Crippen molar-refractivity contribution in [2.45, 2.75) is 44.4 Å². The Morgan fingerprint density at radius 2 is 2.21 bits per heavy atom. The highest BCUT2D eigenvalue weighted by atomic mass is 32.2. The molecule has 24 heavy (non-hydrogen) atoms. The van der Waals surface area contributed by atoms with Gasteiger partial charge in [0.05, 0.1) is 11.0 Å². The maximum atomic E-state index is 12.2. The zero-order valence-corrected chi connectivity index (χ0v) is 15.4. The summed E-state index contributed by atoms with van der Waals surface area (Å²) in [6.45, 7) is 7.28. The topological polar surface area (TPSA) is 58.2 Å². The predicted octanol–water partition coefficient (Wildman–Crippen LogP) is 4.30. The quantitative estimate of drug-likeness (QED) is 0.841. The van der Waals surface area contributed by atoms with Crippen LogP contribution in [0.15, 0.2) is 29.4 Å². The van der Waals surface area contributed by atoms with Crippen molar-refractivity contribution >= 4 is 28.9 Å². The molecule has 1 atom stereocenters. The highest BCUT2D eigenvalue weighted by Crippen LogP contribution is 2.26. The van der Waals surface area contributed by atoms with E-state index >= 15 is 0 Å². The van der Waals surface area contributed by atoms with Crippen molar-refractivity contribution in [3.05, 3.63) is 24.3 Å². The minimum atomic E-state index is -0.437. The summed E-state index contributed by atoms with van der Waals surface area (Å²) in [5.74, 6) is 1.43. The number of H-pyrrole nitrogens is 1. The van der Waals surface area contributed by atoms with Crippen LogP contribution in [0.5, 0.6) is 0 Å². The van der Waals surface area contributed by atoms with Crippen molar-refractivity contribution in [2.24, 2.45) is 5.92 Å². The number of imidazole rings is 1. The molecule has 1 fully saturated rings. The fraction of sp³-hybridized carbons (Fsp3) is 0.556. The third-order valence-electron chi connectivity index (χ3n) is 3.99. The Morgan fingerprint density at radius 3 is 2.96 bits per heavy atom. The summed E-state index contributed by atoms with van der Waals surface area (Å²) in [7, 11) is 0. The lowest BCUT2D eigenvalue weighted by Gasteiger charge is -2.33. The number of nitrogens with one attached hydrogen (secondary N) is 1. The molecule has 1 amide bonds. The molecule has 1 aliphatic rings. The Balaban J connectivity index is 1.54. The largest absolute Gasteiger partial charge is 0.444 e.